The molecule has 0 saturated carbocycles. The van der Waals surface area contributed by atoms with E-state index in [4.69, 9.17) is 4.74 Å². The largest absolute Gasteiger partial charge is 0.444 e. The predicted molar refractivity (Wildman–Crippen MR) is 97.7 cm³/mol. The zero-order valence-corrected chi connectivity index (χ0v) is 15.6. The van der Waals surface area contributed by atoms with Crippen LogP contribution in [0.25, 0.3) is 0 Å². The van der Waals surface area contributed by atoms with Crippen LogP contribution in [0.15, 0.2) is 30.3 Å². The van der Waals surface area contributed by atoms with E-state index in [1.165, 1.54) is 5.56 Å². The minimum Gasteiger partial charge on any atom is -0.444 e. The minimum absolute atomic E-state index is 0.272. The summed E-state index contributed by atoms with van der Waals surface area (Å²) < 4.78 is 5.42. The second-order valence-corrected chi connectivity index (χ2v) is 8.32. The zero-order valence-electron chi connectivity index (χ0n) is 14.7. The molecule has 5 heteroatoms. The molecule has 0 atom stereocenters. The van der Waals surface area contributed by atoms with Crippen molar-refractivity contribution < 1.29 is 9.53 Å². The fourth-order valence-corrected chi connectivity index (χ4v) is 3.94. The highest BCUT2D eigenvalue weighted by Gasteiger charge is 2.37. The number of amides is 1. The number of carbonyl (C=O) groups is 1. The zero-order chi connectivity index (χ0) is 17.6. The number of carbonyl (C=O) groups excluding carboxylic acids is 1. The van der Waals surface area contributed by atoms with Crippen molar-refractivity contribution in [2.45, 2.75) is 45.0 Å². The Morgan fingerprint density at radius 3 is 2.46 bits per heavy atom. The van der Waals surface area contributed by atoms with E-state index in [0.29, 0.717) is 25.9 Å². The minimum atomic E-state index is -0.480. The van der Waals surface area contributed by atoms with E-state index in [1.807, 2.05) is 39.0 Å². The number of thioether (sulfide) groups is 1. The van der Waals surface area contributed by atoms with E-state index in [-0.39, 0.29) is 11.5 Å². The topological polar surface area (TPSA) is 53.3 Å². The lowest BCUT2D eigenvalue weighted by Gasteiger charge is -2.37. The molecule has 1 amide bonds. The molecular weight excluding hydrogens is 320 g/mol. The lowest BCUT2D eigenvalue weighted by molar-refractivity contribution is 0.0162. The lowest BCUT2D eigenvalue weighted by Crippen LogP contribution is -2.45. The average Bonchev–Trinajstić information content (AvgIpc) is 2.55. The second kappa shape index (κ2) is 7.94. The Balaban J connectivity index is 1.83. The summed E-state index contributed by atoms with van der Waals surface area (Å²) >= 11 is 1.80. The van der Waals surface area contributed by atoms with Gasteiger partial charge in [0.1, 0.15) is 5.60 Å². The van der Waals surface area contributed by atoms with Crippen molar-refractivity contribution in [2.24, 2.45) is 5.41 Å². The van der Waals surface area contributed by atoms with Crippen LogP contribution >= 0.6 is 11.8 Å². The summed E-state index contributed by atoms with van der Waals surface area (Å²) in [5.74, 6) is 1.72. The number of benzene rings is 1. The highest BCUT2D eigenvalue weighted by atomic mass is 32.2. The number of hydrogen-bond donors (Lipinski definition) is 0. The van der Waals surface area contributed by atoms with E-state index in [2.05, 4.69) is 18.2 Å². The molecule has 1 heterocycles. The van der Waals surface area contributed by atoms with Crippen LogP contribution in [0.5, 0.6) is 0 Å². The summed E-state index contributed by atoms with van der Waals surface area (Å²) in [5, 5.41) is 9.65. The van der Waals surface area contributed by atoms with Crippen molar-refractivity contribution in [3.63, 3.8) is 0 Å². The first-order chi connectivity index (χ1) is 11.3. The third kappa shape index (κ3) is 5.45. The van der Waals surface area contributed by atoms with Crippen molar-refractivity contribution in [3.8, 4) is 6.07 Å². The van der Waals surface area contributed by atoms with Gasteiger partial charge in [-0.15, -0.1) is 0 Å². The van der Waals surface area contributed by atoms with Gasteiger partial charge in [-0.25, -0.2) is 4.79 Å². The quantitative estimate of drug-likeness (QED) is 0.807. The molecule has 1 aliphatic heterocycles. The van der Waals surface area contributed by atoms with Crippen molar-refractivity contribution in [3.05, 3.63) is 35.9 Å². The number of nitriles is 1. The van der Waals surface area contributed by atoms with Crippen molar-refractivity contribution in [1.82, 2.24) is 4.90 Å². The molecule has 24 heavy (non-hydrogen) atoms. The first kappa shape index (κ1) is 18.7. The van der Waals surface area contributed by atoms with Crippen molar-refractivity contribution in [2.75, 3.05) is 18.8 Å². The number of likely N-dealkylation sites (tertiary alicyclic amines) is 1. The predicted octanol–water partition coefficient (Wildman–Crippen LogP) is 4.46. The number of ether oxygens (including phenoxy) is 1. The Morgan fingerprint density at radius 2 is 1.92 bits per heavy atom. The molecule has 0 unspecified atom stereocenters. The molecule has 1 saturated heterocycles. The van der Waals surface area contributed by atoms with Gasteiger partial charge in [0, 0.05) is 24.6 Å². The van der Waals surface area contributed by atoms with Crippen LogP contribution in [0, 0.1) is 16.7 Å². The van der Waals surface area contributed by atoms with Crippen LogP contribution in [0.1, 0.15) is 39.2 Å². The molecule has 0 N–H and O–H groups in total. The van der Waals surface area contributed by atoms with Gasteiger partial charge in [-0.3, -0.25) is 0 Å². The number of hydrogen-bond acceptors (Lipinski definition) is 4. The smallest absolute Gasteiger partial charge is 0.410 e. The maximum absolute atomic E-state index is 12.1. The molecule has 1 aliphatic rings. The number of rotatable bonds is 4. The second-order valence-electron chi connectivity index (χ2n) is 7.34. The fraction of sp³-hybridized carbons (Fsp3) is 0.579. The third-order valence-corrected chi connectivity index (χ3v) is 5.39. The van der Waals surface area contributed by atoms with Gasteiger partial charge in [-0.05, 0) is 39.2 Å². The van der Waals surface area contributed by atoms with Gasteiger partial charge in [0.25, 0.3) is 0 Å². The van der Waals surface area contributed by atoms with E-state index in [0.717, 1.165) is 11.5 Å². The van der Waals surface area contributed by atoms with E-state index in [9.17, 15) is 10.1 Å². The summed E-state index contributed by atoms with van der Waals surface area (Å²) in [4.78, 5) is 13.9. The summed E-state index contributed by atoms with van der Waals surface area (Å²) in [6.07, 6.45) is 1.15. The van der Waals surface area contributed by atoms with E-state index < -0.39 is 5.60 Å². The Kier molecular flexibility index (Phi) is 6.17. The summed E-state index contributed by atoms with van der Waals surface area (Å²) in [6, 6.07) is 12.8. The van der Waals surface area contributed by atoms with Gasteiger partial charge in [-0.2, -0.15) is 17.0 Å². The van der Waals surface area contributed by atoms with Crippen LogP contribution in [-0.2, 0) is 10.5 Å². The molecule has 2 rings (SSSR count). The molecule has 0 aromatic heterocycles. The van der Waals surface area contributed by atoms with Crippen LogP contribution < -0.4 is 0 Å². The first-order valence-electron chi connectivity index (χ1n) is 8.34. The Morgan fingerprint density at radius 1 is 1.29 bits per heavy atom. The third-order valence-electron chi connectivity index (χ3n) is 4.10. The Bertz CT molecular complexity index is 582. The molecule has 1 aromatic carbocycles. The Hall–Kier alpha value is -1.67. The maximum atomic E-state index is 12.1. The Labute approximate surface area is 149 Å². The molecule has 0 aliphatic carbocycles. The van der Waals surface area contributed by atoms with Gasteiger partial charge in [0.2, 0.25) is 0 Å². The van der Waals surface area contributed by atoms with Crippen LogP contribution in [0.2, 0.25) is 0 Å². The maximum Gasteiger partial charge on any atom is 0.410 e. The van der Waals surface area contributed by atoms with E-state index >= 15 is 0 Å². The first-order valence-corrected chi connectivity index (χ1v) is 9.50. The highest BCUT2D eigenvalue weighted by molar-refractivity contribution is 7.98. The van der Waals surface area contributed by atoms with Crippen LogP contribution in [-0.4, -0.2) is 35.4 Å². The van der Waals surface area contributed by atoms with Gasteiger partial charge < -0.3 is 9.64 Å². The SMILES string of the molecule is CC(C)(C)OC(=O)N1CCC(C#N)(CSCc2ccccc2)CC1. The molecule has 0 spiro atoms. The number of piperidine rings is 1. The standard InChI is InChI=1S/C19H26N2O2S/c1-18(2,3)23-17(22)21-11-9-19(14-20,10-12-21)15-24-13-16-7-5-4-6-8-16/h4-8H,9-13,15H2,1-3H3. The van der Waals surface area contributed by atoms with Gasteiger partial charge >= 0.3 is 6.09 Å². The van der Waals surface area contributed by atoms with Gasteiger partial charge in [0.05, 0.1) is 11.5 Å². The van der Waals surface area contributed by atoms with Crippen molar-refractivity contribution in [1.29, 1.82) is 5.26 Å². The van der Waals surface area contributed by atoms with Gasteiger partial charge in [-0.1, -0.05) is 30.3 Å². The molecular formula is C19H26N2O2S. The molecule has 130 valence electrons. The molecule has 1 aromatic rings. The van der Waals surface area contributed by atoms with Crippen LogP contribution in [0.4, 0.5) is 4.79 Å². The molecule has 0 radical (unpaired) electrons. The summed E-state index contributed by atoms with van der Waals surface area (Å²) in [6.45, 7) is 6.79. The van der Waals surface area contributed by atoms with Gasteiger partial charge in [0.15, 0.2) is 0 Å². The average molecular weight is 346 g/mol. The van der Waals surface area contributed by atoms with E-state index in [1.54, 1.807) is 16.7 Å². The fourth-order valence-electron chi connectivity index (χ4n) is 2.67. The molecule has 1 fully saturated rings. The van der Waals surface area contributed by atoms with Crippen molar-refractivity contribution >= 4 is 17.9 Å². The lowest BCUT2D eigenvalue weighted by atomic mass is 9.82. The monoisotopic (exact) mass is 346 g/mol. The highest BCUT2D eigenvalue weighted by Crippen LogP contribution is 2.35. The molecule has 0 bridgehead atoms. The molecule has 4 nitrogen and oxygen atoms in total. The summed E-state index contributed by atoms with van der Waals surface area (Å²) in [7, 11) is 0. The number of nitrogens with zero attached hydrogens (tertiary/aromatic N) is 2. The summed E-state index contributed by atoms with van der Waals surface area (Å²) in [5.41, 5.74) is 0.464. The van der Waals surface area contributed by atoms with Crippen LogP contribution in [0.3, 0.4) is 0 Å². The normalized spacial score (nSPS) is 17.2.